The summed E-state index contributed by atoms with van der Waals surface area (Å²) in [4.78, 5) is 9.73. The summed E-state index contributed by atoms with van der Waals surface area (Å²) in [6.07, 6.45) is 6.31. The molecule has 1 saturated heterocycles. The number of aliphatic imine (C=N–C) groups is 1. The van der Waals surface area contributed by atoms with E-state index in [-0.39, 0.29) is 5.82 Å². The Morgan fingerprint density at radius 3 is 2.48 bits per heavy atom. The topological polar surface area (TPSA) is 28.1 Å². The molecule has 168 valence electrons. The van der Waals surface area contributed by atoms with Gasteiger partial charge < -0.3 is 14.5 Å². The molecule has 4 nitrogen and oxygen atoms in total. The zero-order valence-corrected chi connectivity index (χ0v) is 19.5. The third-order valence-corrected chi connectivity index (χ3v) is 6.53. The van der Waals surface area contributed by atoms with Crippen LogP contribution in [-0.4, -0.2) is 67.2 Å². The van der Waals surface area contributed by atoms with Gasteiger partial charge in [0.2, 0.25) is 0 Å². The molecule has 2 aromatic rings. The number of rotatable bonds is 9. The highest BCUT2D eigenvalue weighted by atomic mass is 32.2. The van der Waals surface area contributed by atoms with Gasteiger partial charge in [0.1, 0.15) is 5.82 Å². The van der Waals surface area contributed by atoms with Crippen molar-refractivity contribution in [1.29, 1.82) is 0 Å². The second-order valence-electron chi connectivity index (χ2n) is 7.96. The summed E-state index contributed by atoms with van der Waals surface area (Å²) in [5, 5.41) is 1.08. The van der Waals surface area contributed by atoms with Crippen LogP contribution in [0.2, 0.25) is 0 Å². The molecule has 6 heteroatoms. The van der Waals surface area contributed by atoms with Crippen molar-refractivity contribution in [3.05, 3.63) is 66.0 Å². The molecule has 0 amide bonds. The number of benzene rings is 2. The van der Waals surface area contributed by atoms with Gasteiger partial charge in [0.05, 0.1) is 12.3 Å². The maximum Gasteiger partial charge on any atom is 0.164 e. The lowest BCUT2D eigenvalue weighted by Crippen LogP contribution is -2.45. The molecular weight excluding hydrogens is 409 g/mol. The molecule has 0 radical (unpaired) electrons. The Kier molecular flexibility index (Phi) is 9.85. The molecule has 0 aliphatic carbocycles. The van der Waals surface area contributed by atoms with E-state index in [4.69, 9.17) is 9.73 Å². The zero-order valence-electron chi connectivity index (χ0n) is 18.7. The number of halogens is 1. The van der Waals surface area contributed by atoms with Gasteiger partial charge in [-0.05, 0) is 61.8 Å². The highest BCUT2D eigenvalue weighted by Gasteiger charge is 2.24. The zero-order chi connectivity index (χ0) is 21.9. The second-order valence-corrected chi connectivity index (χ2v) is 8.73. The van der Waals surface area contributed by atoms with Gasteiger partial charge in [0, 0.05) is 39.3 Å². The number of thioether (sulfide) groups is 1. The third-order valence-electron chi connectivity index (χ3n) is 5.78. The van der Waals surface area contributed by atoms with Crippen LogP contribution in [0.4, 0.5) is 10.1 Å². The summed E-state index contributed by atoms with van der Waals surface area (Å²) in [5.74, 6) is -0.187. The first kappa shape index (κ1) is 23.8. The largest absolute Gasteiger partial charge is 0.381 e. The first-order valence-corrected chi connectivity index (χ1v) is 12.3. The molecule has 0 spiro atoms. The van der Waals surface area contributed by atoms with Crippen LogP contribution >= 0.6 is 11.8 Å². The minimum Gasteiger partial charge on any atom is -0.381 e. The predicted octanol–water partition coefficient (Wildman–Crippen LogP) is 5.22. The van der Waals surface area contributed by atoms with Gasteiger partial charge in [-0.1, -0.05) is 42.1 Å². The van der Waals surface area contributed by atoms with Gasteiger partial charge >= 0.3 is 0 Å². The molecule has 3 rings (SSSR count). The molecule has 0 saturated carbocycles. The summed E-state index contributed by atoms with van der Waals surface area (Å²) in [6.45, 7) is 4.80. The monoisotopic (exact) mass is 443 g/mol. The summed E-state index contributed by atoms with van der Waals surface area (Å²) in [6, 6.07) is 17.4. The molecule has 0 unspecified atom stereocenters. The van der Waals surface area contributed by atoms with Crippen LogP contribution in [0.1, 0.15) is 24.8 Å². The van der Waals surface area contributed by atoms with Crippen molar-refractivity contribution in [3.63, 3.8) is 0 Å². The average molecular weight is 444 g/mol. The molecule has 0 bridgehead atoms. The van der Waals surface area contributed by atoms with Crippen LogP contribution in [0, 0.1) is 5.82 Å². The summed E-state index contributed by atoms with van der Waals surface area (Å²) in [5.41, 5.74) is 2.13. The Balaban J connectivity index is 1.32. The van der Waals surface area contributed by atoms with E-state index in [9.17, 15) is 4.39 Å². The highest BCUT2D eigenvalue weighted by Crippen LogP contribution is 2.21. The fourth-order valence-electron chi connectivity index (χ4n) is 3.90. The van der Waals surface area contributed by atoms with Crippen molar-refractivity contribution in [2.45, 2.75) is 31.7 Å². The number of piperidine rings is 1. The molecule has 0 atom stereocenters. The lowest BCUT2D eigenvalue weighted by Gasteiger charge is -2.37. The van der Waals surface area contributed by atoms with Crippen molar-refractivity contribution < 1.29 is 9.13 Å². The number of likely N-dealkylation sites (tertiary alicyclic amines) is 1. The van der Waals surface area contributed by atoms with E-state index in [1.807, 2.05) is 30.3 Å². The molecule has 31 heavy (non-hydrogen) atoms. The van der Waals surface area contributed by atoms with Crippen LogP contribution in [-0.2, 0) is 11.2 Å². The third kappa shape index (κ3) is 7.95. The smallest absolute Gasteiger partial charge is 0.164 e. The van der Waals surface area contributed by atoms with Crippen LogP contribution in [0.25, 0.3) is 0 Å². The fourth-order valence-corrected chi connectivity index (χ4v) is 4.54. The van der Waals surface area contributed by atoms with E-state index < -0.39 is 0 Å². The molecule has 0 N–H and O–H groups in total. The van der Waals surface area contributed by atoms with Crippen LogP contribution in [0.5, 0.6) is 0 Å². The van der Waals surface area contributed by atoms with Crippen molar-refractivity contribution in [2.75, 3.05) is 46.2 Å². The van der Waals surface area contributed by atoms with Crippen LogP contribution in [0.15, 0.2) is 59.6 Å². The summed E-state index contributed by atoms with van der Waals surface area (Å²) >= 11 is 1.72. The minimum absolute atomic E-state index is 0.187. The SMILES string of the molecule is CSC(=Nc1ccccc1)N(C)C1CCN(CCCOCCc2ccc(F)cc2)CC1. The normalized spacial score (nSPS) is 15.9. The van der Waals surface area contributed by atoms with E-state index >= 15 is 0 Å². The molecule has 1 fully saturated rings. The van der Waals surface area contributed by atoms with E-state index in [2.05, 4.69) is 35.2 Å². The Hall–Kier alpha value is -1.89. The van der Waals surface area contributed by atoms with E-state index in [1.165, 1.54) is 12.1 Å². The average Bonchev–Trinajstić information content (AvgIpc) is 2.81. The Morgan fingerprint density at radius 2 is 1.81 bits per heavy atom. The molecule has 1 aliphatic rings. The number of para-hydroxylation sites is 1. The highest BCUT2D eigenvalue weighted by molar-refractivity contribution is 8.13. The number of nitrogens with zero attached hydrogens (tertiary/aromatic N) is 3. The quantitative estimate of drug-likeness (QED) is 0.302. The molecule has 0 aromatic heterocycles. The fraction of sp³-hybridized carbons (Fsp3) is 0.480. The number of hydrogen-bond acceptors (Lipinski definition) is 4. The Labute approximate surface area is 190 Å². The van der Waals surface area contributed by atoms with Crippen molar-refractivity contribution in [1.82, 2.24) is 9.80 Å². The molecule has 2 aromatic carbocycles. The van der Waals surface area contributed by atoms with E-state index in [0.717, 1.165) is 68.3 Å². The van der Waals surface area contributed by atoms with Crippen molar-refractivity contribution in [2.24, 2.45) is 4.99 Å². The van der Waals surface area contributed by atoms with Gasteiger partial charge in [-0.2, -0.15) is 0 Å². The van der Waals surface area contributed by atoms with Crippen LogP contribution in [0.3, 0.4) is 0 Å². The van der Waals surface area contributed by atoms with E-state index in [1.54, 1.807) is 11.8 Å². The maximum atomic E-state index is 12.9. The predicted molar refractivity (Wildman–Crippen MR) is 130 cm³/mol. The Morgan fingerprint density at radius 1 is 1.10 bits per heavy atom. The lowest BCUT2D eigenvalue weighted by molar-refractivity contribution is 0.111. The van der Waals surface area contributed by atoms with Gasteiger partial charge in [0.25, 0.3) is 0 Å². The summed E-state index contributed by atoms with van der Waals surface area (Å²) < 4.78 is 18.7. The number of amidine groups is 1. The van der Waals surface area contributed by atoms with Crippen molar-refractivity contribution >= 4 is 22.6 Å². The standard InChI is InChI=1S/C25H34FN3OS/c1-28(25(31-2)27-23-7-4-3-5-8-23)24-13-17-29(18-14-24)16-6-19-30-20-15-21-9-11-22(26)12-10-21/h3-5,7-12,24H,6,13-20H2,1-2H3. The molecule has 1 heterocycles. The van der Waals surface area contributed by atoms with E-state index in [0.29, 0.717) is 12.6 Å². The van der Waals surface area contributed by atoms with Gasteiger partial charge in [-0.3, -0.25) is 0 Å². The van der Waals surface area contributed by atoms with Crippen molar-refractivity contribution in [3.8, 4) is 0 Å². The second kappa shape index (κ2) is 12.8. The number of hydrogen-bond donors (Lipinski definition) is 0. The summed E-state index contributed by atoms with van der Waals surface area (Å²) in [7, 11) is 2.17. The first-order valence-electron chi connectivity index (χ1n) is 11.1. The van der Waals surface area contributed by atoms with Gasteiger partial charge in [-0.25, -0.2) is 9.38 Å². The lowest BCUT2D eigenvalue weighted by atomic mass is 10.0. The Bertz CT molecular complexity index is 792. The first-order chi connectivity index (χ1) is 15.2. The molecular formula is C25H34FN3OS. The number of ether oxygens (including phenoxy) is 1. The maximum absolute atomic E-state index is 12.9. The van der Waals surface area contributed by atoms with Crippen LogP contribution < -0.4 is 0 Å². The van der Waals surface area contributed by atoms with Gasteiger partial charge in [-0.15, -0.1) is 0 Å². The molecule has 1 aliphatic heterocycles. The minimum atomic E-state index is -0.187. The van der Waals surface area contributed by atoms with Gasteiger partial charge in [0.15, 0.2) is 5.17 Å².